The van der Waals surface area contributed by atoms with E-state index >= 15 is 0 Å². The van der Waals surface area contributed by atoms with Gasteiger partial charge in [0.2, 0.25) is 0 Å². The molecule has 0 bridgehead atoms. The molecule has 2 aromatic carbocycles. The van der Waals surface area contributed by atoms with Crippen LogP contribution in [0.2, 0.25) is 0 Å². The average molecular weight is 398 g/mol. The van der Waals surface area contributed by atoms with Crippen molar-refractivity contribution in [2.75, 3.05) is 0 Å². The molecule has 2 rings (SSSR count). The number of phenolic OH excluding ortho intramolecular Hbond substituents is 1. The monoisotopic (exact) mass is 397 g/mol. The van der Waals surface area contributed by atoms with Gasteiger partial charge >= 0.3 is 0 Å². The molecule has 2 nitrogen and oxygen atoms in total. The Balaban J connectivity index is 2.02. The van der Waals surface area contributed by atoms with Crippen LogP contribution in [0.15, 0.2) is 53.5 Å². The third-order valence-electron chi connectivity index (χ3n) is 5.54. The maximum Gasteiger partial charge on any atom is 0.141 e. The Hall–Kier alpha value is -1.74. The lowest BCUT2D eigenvalue weighted by Gasteiger charge is -2.37. The fourth-order valence-electron chi connectivity index (χ4n) is 3.27. The van der Waals surface area contributed by atoms with Crippen molar-refractivity contribution in [1.82, 2.24) is 0 Å². The summed E-state index contributed by atoms with van der Waals surface area (Å²) in [5.74, 6) is 1.64. The van der Waals surface area contributed by atoms with E-state index in [4.69, 9.17) is 0 Å². The van der Waals surface area contributed by atoms with Crippen LogP contribution >= 0.6 is 11.8 Å². The number of benzene rings is 2. The number of nitrogens with zero attached hydrogens (tertiary/aromatic N) is 1. The highest BCUT2D eigenvalue weighted by Crippen LogP contribution is 2.44. The Bertz CT molecular complexity index is 772. The second-order valence-electron chi connectivity index (χ2n) is 9.42. The summed E-state index contributed by atoms with van der Waals surface area (Å²) in [6, 6.07) is 16.2. The predicted molar refractivity (Wildman–Crippen MR) is 125 cm³/mol. The van der Waals surface area contributed by atoms with Crippen molar-refractivity contribution >= 4 is 23.0 Å². The molecule has 0 heterocycles. The van der Waals surface area contributed by atoms with Gasteiger partial charge in [0, 0.05) is 5.75 Å². The molecule has 0 aliphatic rings. The van der Waals surface area contributed by atoms with Gasteiger partial charge in [-0.25, -0.2) is 4.99 Å². The quantitative estimate of drug-likeness (QED) is 0.362. The molecule has 0 saturated heterocycles. The molecule has 1 N–H and O–H groups in total. The minimum absolute atomic E-state index is 0.215. The summed E-state index contributed by atoms with van der Waals surface area (Å²) >= 11 is 1.64. The average Bonchev–Trinajstić information content (AvgIpc) is 2.64. The van der Waals surface area contributed by atoms with E-state index in [1.165, 1.54) is 24.0 Å². The van der Waals surface area contributed by atoms with Crippen LogP contribution in [0.25, 0.3) is 0 Å². The van der Waals surface area contributed by atoms with Gasteiger partial charge < -0.3 is 5.11 Å². The van der Waals surface area contributed by atoms with Gasteiger partial charge in [-0.1, -0.05) is 84.4 Å². The molecular weight excluding hydrogens is 362 g/mol. The molecule has 1 atom stereocenters. The lowest BCUT2D eigenvalue weighted by Crippen LogP contribution is -2.25. The predicted octanol–water partition coefficient (Wildman–Crippen LogP) is 7.94. The Kier molecular flexibility index (Phi) is 7.77. The smallest absolute Gasteiger partial charge is 0.141 e. The fraction of sp³-hybridized carbons (Fsp3) is 0.480. The summed E-state index contributed by atoms with van der Waals surface area (Å²) in [6.07, 6.45) is 2.40. The van der Waals surface area contributed by atoms with Crippen LogP contribution in [0.4, 0.5) is 5.69 Å². The van der Waals surface area contributed by atoms with Gasteiger partial charge in [0.25, 0.3) is 0 Å². The SMILES string of the molecule is CCC(C)(C)CC(c1ccc(CS/C=N/c2ccccc2O)cc1)C(C)(C)C. The maximum absolute atomic E-state index is 9.75. The van der Waals surface area contributed by atoms with Gasteiger partial charge in [-0.3, -0.25) is 0 Å². The second kappa shape index (κ2) is 9.65. The Morgan fingerprint density at radius 1 is 1.00 bits per heavy atom. The molecular formula is C25H35NOS. The van der Waals surface area contributed by atoms with E-state index in [0.29, 0.717) is 17.0 Å². The van der Waals surface area contributed by atoms with Crippen LogP contribution in [0.5, 0.6) is 5.75 Å². The van der Waals surface area contributed by atoms with Crippen LogP contribution in [0.1, 0.15) is 71.4 Å². The van der Waals surface area contributed by atoms with Gasteiger partial charge in [0.05, 0.1) is 5.55 Å². The van der Waals surface area contributed by atoms with Crippen LogP contribution in [-0.2, 0) is 5.75 Å². The number of rotatable bonds is 8. The van der Waals surface area contributed by atoms with Crippen molar-refractivity contribution in [3.8, 4) is 5.75 Å². The van der Waals surface area contributed by atoms with E-state index in [1.807, 2.05) is 17.7 Å². The van der Waals surface area contributed by atoms with Crippen molar-refractivity contribution in [3.63, 3.8) is 0 Å². The Morgan fingerprint density at radius 3 is 2.21 bits per heavy atom. The van der Waals surface area contributed by atoms with Gasteiger partial charge in [-0.15, -0.1) is 11.8 Å². The van der Waals surface area contributed by atoms with E-state index in [1.54, 1.807) is 23.9 Å². The molecule has 0 amide bonds. The van der Waals surface area contributed by atoms with Crippen LogP contribution in [0.3, 0.4) is 0 Å². The highest BCUT2D eigenvalue weighted by molar-refractivity contribution is 8.11. The van der Waals surface area contributed by atoms with E-state index in [9.17, 15) is 5.11 Å². The molecule has 0 radical (unpaired) electrons. The van der Waals surface area contributed by atoms with Crippen LogP contribution in [0, 0.1) is 10.8 Å². The van der Waals surface area contributed by atoms with Gasteiger partial charge in [-0.05, 0) is 46.4 Å². The molecule has 28 heavy (non-hydrogen) atoms. The molecule has 1 unspecified atom stereocenters. The maximum atomic E-state index is 9.75. The van der Waals surface area contributed by atoms with Gasteiger partial charge in [0.1, 0.15) is 11.4 Å². The Labute approximate surface area is 175 Å². The van der Waals surface area contributed by atoms with Crippen molar-refractivity contribution in [2.45, 2.75) is 66.1 Å². The first-order valence-electron chi connectivity index (χ1n) is 10.1. The first-order chi connectivity index (χ1) is 13.1. The second-order valence-corrected chi connectivity index (χ2v) is 10.2. The molecule has 3 heteroatoms. The molecule has 0 aliphatic carbocycles. The van der Waals surface area contributed by atoms with Crippen LogP contribution in [-0.4, -0.2) is 10.7 Å². The summed E-state index contributed by atoms with van der Waals surface area (Å²) in [5, 5.41) is 9.75. The number of phenols is 1. The van der Waals surface area contributed by atoms with E-state index in [0.717, 1.165) is 5.75 Å². The first kappa shape index (κ1) is 22.5. The number of hydrogen-bond donors (Lipinski definition) is 1. The molecule has 0 aromatic heterocycles. The molecule has 0 aliphatic heterocycles. The summed E-state index contributed by atoms with van der Waals surface area (Å²) < 4.78 is 0. The zero-order chi connectivity index (χ0) is 20.8. The summed E-state index contributed by atoms with van der Waals surface area (Å²) in [5.41, 5.74) is 5.74. The van der Waals surface area contributed by atoms with Crippen molar-refractivity contribution in [3.05, 3.63) is 59.7 Å². The first-order valence-corrected chi connectivity index (χ1v) is 11.2. The van der Waals surface area contributed by atoms with E-state index < -0.39 is 0 Å². The number of aromatic hydroxyl groups is 1. The number of aliphatic imine (C=N–C) groups is 1. The normalized spacial score (nSPS) is 13.8. The minimum atomic E-state index is 0.215. The lowest BCUT2D eigenvalue weighted by molar-refractivity contribution is 0.209. The summed E-state index contributed by atoms with van der Waals surface area (Å²) in [6.45, 7) is 14.1. The van der Waals surface area contributed by atoms with E-state index in [2.05, 4.69) is 70.8 Å². The van der Waals surface area contributed by atoms with Crippen molar-refractivity contribution in [2.24, 2.45) is 15.8 Å². The van der Waals surface area contributed by atoms with Crippen LogP contribution < -0.4 is 0 Å². The fourth-order valence-corrected chi connectivity index (χ4v) is 3.92. The molecule has 0 fully saturated rings. The summed E-state index contributed by atoms with van der Waals surface area (Å²) in [4.78, 5) is 4.34. The number of hydrogen-bond acceptors (Lipinski definition) is 3. The molecule has 152 valence electrons. The third-order valence-corrected chi connectivity index (χ3v) is 6.29. The zero-order valence-corrected chi connectivity index (χ0v) is 19.0. The molecule has 2 aromatic rings. The highest BCUT2D eigenvalue weighted by Gasteiger charge is 2.31. The topological polar surface area (TPSA) is 32.6 Å². The lowest BCUT2D eigenvalue weighted by atomic mass is 9.68. The zero-order valence-electron chi connectivity index (χ0n) is 18.2. The number of thioether (sulfide) groups is 1. The minimum Gasteiger partial charge on any atom is -0.506 e. The van der Waals surface area contributed by atoms with Gasteiger partial charge in [-0.2, -0.15) is 0 Å². The largest absolute Gasteiger partial charge is 0.506 e. The van der Waals surface area contributed by atoms with Crippen molar-refractivity contribution < 1.29 is 5.11 Å². The molecule has 0 spiro atoms. The van der Waals surface area contributed by atoms with Crippen molar-refractivity contribution in [1.29, 1.82) is 0 Å². The van der Waals surface area contributed by atoms with Gasteiger partial charge in [0.15, 0.2) is 0 Å². The molecule has 0 saturated carbocycles. The third kappa shape index (κ3) is 6.70. The standard InChI is InChI=1S/C25H35NOS/c1-7-25(5,6)16-21(24(2,3)4)20-14-12-19(13-15-20)17-28-18-26-22-10-8-9-11-23(22)27/h8-15,18,21,27H,7,16-17H2,1-6H3/b26-18+. The highest BCUT2D eigenvalue weighted by atomic mass is 32.2. The Morgan fingerprint density at radius 2 is 1.64 bits per heavy atom. The van der Waals surface area contributed by atoms with E-state index in [-0.39, 0.29) is 11.2 Å². The number of para-hydroxylation sites is 2. The summed E-state index contributed by atoms with van der Waals surface area (Å²) in [7, 11) is 0.